The predicted molar refractivity (Wildman–Crippen MR) is 63.4 cm³/mol. The van der Waals surface area contributed by atoms with E-state index >= 15 is 0 Å². The summed E-state index contributed by atoms with van der Waals surface area (Å²) in [6.45, 7) is 1.72. The Hall–Kier alpha value is -0.510. The number of nitrogens with one attached hydrogen (secondary N) is 1. The van der Waals surface area contributed by atoms with Gasteiger partial charge < -0.3 is 14.8 Å². The standard InChI is InChI=1S/C12H18ClNO2/c13-12-6-5-11(16-12)8-14-7-9-1-3-10(15)4-2-9/h5-6,9-10,14-15H,1-4,7-8H2. The molecule has 90 valence electrons. The molecule has 1 aromatic heterocycles. The van der Waals surface area contributed by atoms with E-state index in [1.54, 1.807) is 6.07 Å². The van der Waals surface area contributed by atoms with Gasteiger partial charge in [0.05, 0.1) is 12.6 Å². The summed E-state index contributed by atoms with van der Waals surface area (Å²) in [7, 11) is 0. The lowest BCUT2D eigenvalue weighted by Gasteiger charge is -2.25. The van der Waals surface area contributed by atoms with E-state index in [-0.39, 0.29) is 6.10 Å². The molecule has 1 heterocycles. The van der Waals surface area contributed by atoms with Crippen LogP contribution in [-0.2, 0) is 6.54 Å². The molecule has 0 amide bonds. The number of halogens is 1. The molecule has 0 saturated heterocycles. The first-order chi connectivity index (χ1) is 7.74. The lowest BCUT2D eigenvalue weighted by atomic mass is 9.87. The molecule has 2 rings (SSSR count). The van der Waals surface area contributed by atoms with Crippen molar-refractivity contribution in [3.05, 3.63) is 23.1 Å². The van der Waals surface area contributed by atoms with Crippen LogP contribution in [0.2, 0.25) is 5.22 Å². The molecule has 1 aliphatic rings. The molecule has 1 saturated carbocycles. The third-order valence-corrected chi connectivity index (χ3v) is 3.38. The van der Waals surface area contributed by atoms with E-state index in [9.17, 15) is 5.11 Å². The molecule has 1 fully saturated rings. The van der Waals surface area contributed by atoms with Gasteiger partial charge in [0.2, 0.25) is 0 Å². The van der Waals surface area contributed by atoms with Crippen molar-refractivity contribution in [1.29, 1.82) is 0 Å². The molecule has 3 nitrogen and oxygen atoms in total. The molecule has 0 atom stereocenters. The summed E-state index contributed by atoms with van der Waals surface area (Å²) in [5.74, 6) is 1.56. The van der Waals surface area contributed by atoms with Gasteiger partial charge in [-0.1, -0.05) is 0 Å². The van der Waals surface area contributed by atoms with Crippen LogP contribution >= 0.6 is 11.6 Å². The molecular formula is C12H18ClNO2. The van der Waals surface area contributed by atoms with Gasteiger partial charge in [-0.15, -0.1) is 0 Å². The highest BCUT2D eigenvalue weighted by atomic mass is 35.5. The first-order valence-corrected chi connectivity index (χ1v) is 6.25. The Morgan fingerprint density at radius 2 is 2.06 bits per heavy atom. The molecule has 1 aliphatic carbocycles. The molecular weight excluding hydrogens is 226 g/mol. The highest BCUT2D eigenvalue weighted by molar-refractivity contribution is 6.28. The molecule has 0 aromatic carbocycles. The number of rotatable bonds is 4. The van der Waals surface area contributed by atoms with Gasteiger partial charge in [-0.2, -0.15) is 0 Å². The second-order valence-electron chi connectivity index (χ2n) is 4.51. The molecule has 1 aromatic rings. The molecule has 16 heavy (non-hydrogen) atoms. The van der Waals surface area contributed by atoms with Crippen molar-refractivity contribution in [2.75, 3.05) is 6.54 Å². The van der Waals surface area contributed by atoms with Crippen LogP contribution in [-0.4, -0.2) is 17.8 Å². The average molecular weight is 244 g/mol. The maximum absolute atomic E-state index is 9.38. The Kier molecular flexibility index (Phi) is 4.27. The zero-order valence-electron chi connectivity index (χ0n) is 9.29. The van der Waals surface area contributed by atoms with Crippen LogP contribution in [0.5, 0.6) is 0 Å². The highest BCUT2D eigenvalue weighted by Gasteiger charge is 2.18. The van der Waals surface area contributed by atoms with Crippen molar-refractivity contribution in [1.82, 2.24) is 5.32 Å². The van der Waals surface area contributed by atoms with Crippen LogP contribution in [0.15, 0.2) is 16.5 Å². The maximum atomic E-state index is 9.38. The summed E-state index contributed by atoms with van der Waals surface area (Å²) >= 11 is 5.68. The third kappa shape index (κ3) is 3.51. The molecule has 0 aliphatic heterocycles. The van der Waals surface area contributed by atoms with Gasteiger partial charge in [0.25, 0.3) is 0 Å². The van der Waals surface area contributed by atoms with Gasteiger partial charge in [0, 0.05) is 0 Å². The Morgan fingerprint density at radius 3 is 2.69 bits per heavy atom. The Labute approximate surface area is 101 Å². The first-order valence-electron chi connectivity index (χ1n) is 5.87. The first kappa shape index (κ1) is 12.0. The topological polar surface area (TPSA) is 45.4 Å². The fourth-order valence-electron chi connectivity index (χ4n) is 2.20. The van der Waals surface area contributed by atoms with Gasteiger partial charge in [-0.05, 0) is 61.9 Å². The zero-order valence-corrected chi connectivity index (χ0v) is 10.0. The molecule has 0 spiro atoms. The largest absolute Gasteiger partial charge is 0.448 e. The molecule has 2 N–H and O–H groups in total. The van der Waals surface area contributed by atoms with E-state index in [1.165, 1.54) is 0 Å². The number of aliphatic hydroxyl groups is 1. The number of hydrogen-bond acceptors (Lipinski definition) is 3. The van der Waals surface area contributed by atoms with E-state index in [0.717, 1.165) is 44.5 Å². The number of furan rings is 1. The Balaban J connectivity index is 1.64. The van der Waals surface area contributed by atoms with Crippen LogP contribution < -0.4 is 5.32 Å². The summed E-state index contributed by atoms with van der Waals surface area (Å²) in [6.07, 6.45) is 4.05. The zero-order chi connectivity index (χ0) is 11.4. The van der Waals surface area contributed by atoms with Crippen molar-refractivity contribution in [2.24, 2.45) is 5.92 Å². The van der Waals surface area contributed by atoms with Gasteiger partial charge in [-0.25, -0.2) is 0 Å². The monoisotopic (exact) mass is 243 g/mol. The smallest absolute Gasteiger partial charge is 0.193 e. The normalized spacial score (nSPS) is 25.9. The van der Waals surface area contributed by atoms with Gasteiger partial charge in [0.1, 0.15) is 5.76 Å². The number of hydrogen-bond donors (Lipinski definition) is 2. The average Bonchev–Trinajstić information content (AvgIpc) is 2.67. The maximum Gasteiger partial charge on any atom is 0.193 e. The minimum atomic E-state index is -0.0693. The third-order valence-electron chi connectivity index (χ3n) is 3.18. The predicted octanol–water partition coefficient (Wildman–Crippen LogP) is 2.57. The van der Waals surface area contributed by atoms with Gasteiger partial charge in [0.15, 0.2) is 5.22 Å². The quantitative estimate of drug-likeness (QED) is 0.855. The summed E-state index contributed by atoms with van der Waals surface area (Å²) in [5, 5.41) is 13.2. The second kappa shape index (κ2) is 5.71. The Morgan fingerprint density at radius 1 is 1.31 bits per heavy atom. The molecule has 0 radical (unpaired) electrons. The van der Waals surface area contributed by atoms with E-state index in [4.69, 9.17) is 16.0 Å². The lowest BCUT2D eigenvalue weighted by molar-refractivity contribution is 0.108. The van der Waals surface area contributed by atoms with Crippen LogP contribution in [0, 0.1) is 5.92 Å². The number of aliphatic hydroxyl groups excluding tert-OH is 1. The van der Waals surface area contributed by atoms with Crippen molar-refractivity contribution in [2.45, 2.75) is 38.3 Å². The van der Waals surface area contributed by atoms with Crippen LogP contribution in [0.4, 0.5) is 0 Å². The van der Waals surface area contributed by atoms with Crippen LogP contribution in [0.3, 0.4) is 0 Å². The van der Waals surface area contributed by atoms with Crippen LogP contribution in [0.25, 0.3) is 0 Å². The van der Waals surface area contributed by atoms with Gasteiger partial charge in [-0.3, -0.25) is 0 Å². The summed E-state index contributed by atoms with van der Waals surface area (Å²) in [6, 6.07) is 3.65. The second-order valence-corrected chi connectivity index (χ2v) is 4.88. The Bertz CT molecular complexity index is 319. The fraction of sp³-hybridized carbons (Fsp3) is 0.667. The highest BCUT2D eigenvalue weighted by Crippen LogP contribution is 2.23. The lowest BCUT2D eigenvalue weighted by Crippen LogP contribution is -2.27. The summed E-state index contributed by atoms with van der Waals surface area (Å²) in [4.78, 5) is 0. The van der Waals surface area contributed by atoms with E-state index in [2.05, 4.69) is 5.32 Å². The van der Waals surface area contributed by atoms with Crippen molar-refractivity contribution in [3.8, 4) is 0 Å². The molecule has 0 bridgehead atoms. The summed E-state index contributed by atoms with van der Waals surface area (Å²) in [5.41, 5.74) is 0. The molecule has 0 unspecified atom stereocenters. The van der Waals surface area contributed by atoms with E-state index in [0.29, 0.717) is 11.1 Å². The molecule has 4 heteroatoms. The van der Waals surface area contributed by atoms with Crippen LogP contribution in [0.1, 0.15) is 31.4 Å². The van der Waals surface area contributed by atoms with E-state index < -0.39 is 0 Å². The minimum Gasteiger partial charge on any atom is -0.448 e. The van der Waals surface area contributed by atoms with Crippen molar-refractivity contribution < 1.29 is 9.52 Å². The van der Waals surface area contributed by atoms with Crippen molar-refractivity contribution in [3.63, 3.8) is 0 Å². The van der Waals surface area contributed by atoms with Crippen molar-refractivity contribution >= 4 is 11.6 Å². The SMILES string of the molecule is OC1CCC(CNCc2ccc(Cl)o2)CC1. The summed E-state index contributed by atoms with van der Waals surface area (Å²) < 4.78 is 5.25. The fourth-order valence-corrected chi connectivity index (χ4v) is 2.36. The van der Waals surface area contributed by atoms with E-state index in [1.807, 2.05) is 6.07 Å². The minimum absolute atomic E-state index is 0.0693. The van der Waals surface area contributed by atoms with Gasteiger partial charge >= 0.3 is 0 Å².